The monoisotopic (exact) mass is 376 g/mol. The SMILES string of the molecule is C=C(O)CC1COc2cc(OC/C=C(\C)c3ccc4c(c3)CCCC4)ccc21. The Morgan fingerprint density at radius 2 is 2.00 bits per heavy atom. The van der Waals surface area contributed by atoms with Crippen LogP contribution in [0.5, 0.6) is 11.5 Å². The number of aliphatic hydroxyl groups is 1. The van der Waals surface area contributed by atoms with Gasteiger partial charge in [0.1, 0.15) is 18.1 Å². The van der Waals surface area contributed by atoms with Gasteiger partial charge in [-0.1, -0.05) is 30.8 Å². The van der Waals surface area contributed by atoms with Crippen LogP contribution in [0.4, 0.5) is 0 Å². The summed E-state index contributed by atoms with van der Waals surface area (Å²) < 4.78 is 11.7. The molecule has 1 N–H and O–H groups in total. The second kappa shape index (κ2) is 8.14. The lowest BCUT2D eigenvalue weighted by Crippen LogP contribution is -2.03. The lowest BCUT2D eigenvalue weighted by atomic mass is 9.89. The van der Waals surface area contributed by atoms with E-state index in [1.807, 2.05) is 18.2 Å². The van der Waals surface area contributed by atoms with E-state index < -0.39 is 0 Å². The molecule has 0 saturated heterocycles. The molecule has 1 unspecified atom stereocenters. The van der Waals surface area contributed by atoms with Gasteiger partial charge in [0.05, 0.1) is 12.4 Å². The molecule has 1 atom stereocenters. The number of rotatable bonds is 6. The molecule has 0 radical (unpaired) electrons. The van der Waals surface area contributed by atoms with Crippen LogP contribution in [0.1, 0.15) is 54.4 Å². The van der Waals surface area contributed by atoms with Crippen LogP contribution in [0.3, 0.4) is 0 Å². The summed E-state index contributed by atoms with van der Waals surface area (Å²) in [5.74, 6) is 2.02. The van der Waals surface area contributed by atoms with Crippen LogP contribution in [0.25, 0.3) is 5.57 Å². The average molecular weight is 376 g/mol. The van der Waals surface area contributed by atoms with Crippen LogP contribution in [-0.4, -0.2) is 18.3 Å². The van der Waals surface area contributed by atoms with Gasteiger partial charge in [0.15, 0.2) is 0 Å². The van der Waals surface area contributed by atoms with Crippen molar-refractivity contribution in [3.63, 3.8) is 0 Å². The van der Waals surface area contributed by atoms with Gasteiger partial charge in [-0.25, -0.2) is 0 Å². The molecular weight excluding hydrogens is 348 g/mol. The normalized spacial score (nSPS) is 18.2. The van der Waals surface area contributed by atoms with E-state index in [9.17, 15) is 5.11 Å². The van der Waals surface area contributed by atoms with Gasteiger partial charge in [-0.2, -0.15) is 0 Å². The molecule has 0 amide bonds. The molecule has 3 heteroatoms. The van der Waals surface area contributed by atoms with Crippen LogP contribution in [0.2, 0.25) is 0 Å². The number of fused-ring (bicyclic) bond motifs is 2. The highest BCUT2D eigenvalue weighted by Gasteiger charge is 2.25. The molecule has 2 aromatic carbocycles. The molecule has 146 valence electrons. The average Bonchev–Trinajstić information content (AvgIpc) is 3.09. The standard InChI is InChI=1S/C25H28O3/c1-17(20-8-7-19-5-3-4-6-21(19)14-20)11-12-27-23-9-10-24-22(13-18(2)26)16-28-25(24)15-23/h7-11,14-15,22,26H,2-6,12-13,16H2,1H3/b17-11+. The van der Waals surface area contributed by atoms with Crippen molar-refractivity contribution in [3.05, 3.63) is 77.1 Å². The van der Waals surface area contributed by atoms with Crippen LogP contribution in [-0.2, 0) is 12.8 Å². The molecule has 2 aromatic rings. The second-order valence-electron chi connectivity index (χ2n) is 7.87. The fourth-order valence-electron chi connectivity index (χ4n) is 4.16. The van der Waals surface area contributed by atoms with Crippen LogP contribution >= 0.6 is 0 Å². The fourth-order valence-corrected chi connectivity index (χ4v) is 4.16. The summed E-state index contributed by atoms with van der Waals surface area (Å²) in [6.07, 6.45) is 7.71. The van der Waals surface area contributed by atoms with Gasteiger partial charge < -0.3 is 14.6 Å². The zero-order valence-electron chi connectivity index (χ0n) is 16.5. The van der Waals surface area contributed by atoms with Crippen molar-refractivity contribution in [3.8, 4) is 11.5 Å². The summed E-state index contributed by atoms with van der Waals surface area (Å²) in [5.41, 5.74) is 6.66. The Bertz CT molecular complexity index is 910. The number of hydrogen-bond acceptors (Lipinski definition) is 3. The Labute approximate surface area is 167 Å². The zero-order valence-corrected chi connectivity index (χ0v) is 16.5. The minimum Gasteiger partial charge on any atom is -0.513 e. The fraction of sp³-hybridized carbons (Fsp3) is 0.360. The molecule has 1 aliphatic carbocycles. The highest BCUT2D eigenvalue weighted by molar-refractivity contribution is 5.65. The van der Waals surface area contributed by atoms with Crippen LogP contribution in [0.15, 0.2) is 54.8 Å². The summed E-state index contributed by atoms with van der Waals surface area (Å²) in [6, 6.07) is 12.8. The van der Waals surface area contributed by atoms with Gasteiger partial charge >= 0.3 is 0 Å². The lowest BCUT2D eigenvalue weighted by molar-refractivity contribution is 0.307. The Hall–Kier alpha value is -2.68. The minimum absolute atomic E-state index is 0.174. The van der Waals surface area contributed by atoms with Crippen molar-refractivity contribution in [2.75, 3.05) is 13.2 Å². The van der Waals surface area contributed by atoms with Crippen molar-refractivity contribution in [1.29, 1.82) is 0 Å². The summed E-state index contributed by atoms with van der Waals surface area (Å²) in [7, 11) is 0. The van der Waals surface area contributed by atoms with Crippen molar-refractivity contribution in [2.24, 2.45) is 0 Å². The highest BCUT2D eigenvalue weighted by atomic mass is 16.5. The predicted octanol–water partition coefficient (Wildman–Crippen LogP) is 5.99. The van der Waals surface area contributed by atoms with E-state index in [1.165, 1.54) is 47.9 Å². The first kappa shape index (κ1) is 18.7. The Morgan fingerprint density at radius 1 is 1.18 bits per heavy atom. The van der Waals surface area contributed by atoms with Gasteiger partial charge in [0, 0.05) is 24.0 Å². The lowest BCUT2D eigenvalue weighted by Gasteiger charge is -2.16. The smallest absolute Gasteiger partial charge is 0.126 e. The minimum atomic E-state index is 0.174. The molecule has 2 aliphatic rings. The van der Waals surface area contributed by atoms with E-state index in [-0.39, 0.29) is 11.7 Å². The highest BCUT2D eigenvalue weighted by Crippen LogP contribution is 2.39. The van der Waals surface area contributed by atoms with E-state index in [2.05, 4.69) is 37.8 Å². The first-order valence-corrected chi connectivity index (χ1v) is 10.2. The Balaban J connectivity index is 1.39. The van der Waals surface area contributed by atoms with Crippen molar-refractivity contribution < 1.29 is 14.6 Å². The third kappa shape index (κ3) is 4.09. The Morgan fingerprint density at radius 3 is 2.82 bits per heavy atom. The largest absolute Gasteiger partial charge is 0.513 e. The van der Waals surface area contributed by atoms with Crippen molar-refractivity contribution in [2.45, 2.75) is 44.9 Å². The van der Waals surface area contributed by atoms with Crippen LogP contribution in [0, 0.1) is 0 Å². The molecule has 3 nitrogen and oxygen atoms in total. The van der Waals surface area contributed by atoms with Gasteiger partial charge in [-0.15, -0.1) is 0 Å². The maximum absolute atomic E-state index is 9.44. The maximum atomic E-state index is 9.44. The molecule has 0 aromatic heterocycles. The van der Waals surface area contributed by atoms with E-state index in [0.29, 0.717) is 19.6 Å². The molecular formula is C25H28O3. The number of aryl methyl sites for hydroxylation is 2. The van der Waals surface area contributed by atoms with Gasteiger partial charge in [0.2, 0.25) is 0 Å². The molecule has 0 saturated carbocycles. The van der Waals surface area contributed by atoms with Gasteiger partial charge in [0.25, 0.3) is 0 Å². The van der Waals surface area contributed by atoms with E-state index in [0.717, 1.165) is 17.1 Å². The molecule has 0 bridgehead atoms. The molecule has 1 aliphatic heterocycles. The first-order chi connectivity index (χ1) is 13.6. The molecule has 0 spiro atoms. The van der Waals surface area contributed by atoms with E-state index in [1.54, 1.807) is 0 Å². The number of benzene rings is 2. The number of ether oxygens (including phenoxy) is 2. The number of allylic oxidation sites excluding steroid dienone is 2. The van der Waals surface area contributed by atoms with E-state index >= 15 is 0 Å². The quantitative estimate of drug-likeness (QED) is 0.630. The summed E-state index contributed by atoms with van der Waals surface area (Å²) in [5, 5.41) is 9.44. The number of hydrogen-bond donors (Lipinski definition) is 1. The third-order valence-electron chi connectivity index (χ3n) is 5.79. The Kier molecular flexibility index (Phi) is 5.43. The summed E-state index contributed by atoms with van der Waals surface area (Å²) in [4.78, 5) is 0. The third-order valence-corrected chi connectivity index (χ3v) is 5.79. The predicted molar refractivity (Wildman–Crippen MR) is 113 cm³/mol. The van der Waals surface area contributed by atoms with E-state index in [4.69, 9.17) is 9.47 Å². The topological polar surface area (TPSA) is 38.7 Å². The van der Waals surface area contributed by atoms with Crippen LogP contribution < -0.4 is 9.47 Å². The molecule has 4 rings (SSSR count). The molecule has 0 fully saturated rings. The maximum Gasteiger partial charge on any atom is 0.126 e. The van der Waals surface area contributed by atoms with Crippen molar-refractivity contribution >= 4 is 5.57 Å². The van der Waals surface area contributed by atoms with Gasteiger partial charge in [-0.05, 0) is 67.0 Å². The molecule has 28 heavy (non-hydrogen) atoms. The number of aliphatic hydroxyl groups excluding tert-OH is 1. The van der Waals surface area contributed by atoms with Gasteiger partial charge in [-0.3, -0.25) is 0 Å². The second-order valence-corrected chi connectivity index (χ2v) is 7.87. The first-order valence-electron chi connectivity index (χ1n) is 10.2. The zero-order chi connectivity index (χ0) is 19.5. The van der Waals surface area contributed by atoms with Crippen molar-refractivity contribution in [1.82, 2.24) is 0 Å². The summed E-state index contributed by atoms with van der Waals surface area (Å²) >= 11 is 0. The summed E-state index contributed by atoms with van der Waals surface area (Å²) in [6.45, 7) is 6.83. The molecule has 1 heterocycles.